The van der Waals surface area contributed by atoms with Gasteiger partial charge >= 0.3 is 0 Å². The first-order valence-electron chi connectivity index (χ1n) is 5.72. The molecule has 1 nitrogen and oxygen atoms in total. The van der Waals surface area contributed by atoms with Crippen molar-refractivity contribution in [2.75, 3.05) is 6.61 Å². The molecule has 1 heteroatoms. The van der Waals surface area contributed by atoms with Crippen LogP contribution in [0.4, 0.5) is 0 Å². The van der Waals surface area contributed by atoms with Crippen molar-refractivity contribution in [3.63, 3.8) is 0 Å². The second-order valence-corrected chi connectivity index (χ2v) is 4.08. The Hall–Kier alpha value is -0.560. The fourth-order valence-electron chi connectivity index (χ4n) is 2.26. The highest BCUT2D eigenvalue weighted by Gasteiger charge is 2.22. The molecule has 1 atom stereocenters. The minimum absolute atomic E-state index is 0.380. The first-order chi connectivity index (χ1) is 6.88. The summed E-state index contributed by atoms with van der Waals surface area (Å²) in [5.74, 6) is 0.752. The van der Waals surface area contributed by atoms with Gasteiger partial charge in [0.15, 0.2) is 0 Å². The quantitative estimate of drug-likeness (QED) is 0.586. The second kappa shape index (κ2) is 6.83. The number of hydrogen-bond acceptors (Lipinski definition) is 1. The molecule has 1 saturated carbocycles. The van der Waals surface area contributed by atoms with Gasteiger partial charge in [0.2, 0.25) is 0 Å². The molecule has 1 rings (SSSR count). The maximum atomic E-state index is 5.78. The topological polar surface area (TPSA) is 9.23 Å². The average Bonchev–Trinajstić information content (AvgIpc) is 2.25. The van der Waals surface area contributed by atoms with E-state index in [4.69, 9.17) is 4.74 Å². The van der Waals surface area contributed by atoms with Gasteiger partial charge in [-0.3, -0.25) is 0 Å². The van der Waals surface area contributed by atoms with Crippen LogP contribution in [-0.4, -0.2) is 12.7 Å². The van der Waals surface area contributed by atoms with E-state index in [0.29, 0.717) is 12.7 Å². The molecule has 0 aromatic carbocycles. The molecule has 1 fully saturated rings. The van der Waals surface area contributed by atoms with E-state index in [2.05, 4.69) is 13.2 Å². The summed E-state index contributed by atoms with van der Waals surface area (Å²) >= 11 is 0. The van der Waals surface area contributed by atoms with E-state index in [0.717, 1.165) is 12.3 Å². The summed E-state index contributed by atoms with van der Waals surface area (Å²) in [7, 11) is 0. The zero-order valence-corrected chi connectivity index (χ0v) is 9.08. The van der Waals surface area contributed by atoms with Crippen molar-refractivity contribution >= 4 is 0 Å². The molecular formula is C13H22O. The Morgan fingerprint density at radius 3 is 2.43 bits per heavy atom. The van der Waals surface area contributed by atoms with E-state index in [9.17, 15) is 0 Å². The molecule has 80 valence electrons. The fraction of sp³-hybridized carbons (Fsp3) is 0.692. The van der Waals surface area contributed by atoms with Crippen LogP contribution in [0, 0.1) is 5.92 Å². The molecule has 0 saturated heterocycles. The van der Waals surface area contributed by atoms with Crippen LogP contribution in [0.2, 0.25) is 0 Å². The first-order valence-corrected chi connectivity index (χ1v) is 5.72. The van der Waals surface area contributed by atoms with Crippen LogP contribution in [0.3, 0.4) is 0 Å². The lowest BCUT2D eigenvalue weighted by Crippen LogP contribution is -2.25. The standard InChI is InChI=1S/C13H22O/c1-3-8-13(14-11-4-2)12-9-6-5-7-10-12/h3-4,12-13H,1-2,5-11H2/t13-/m0/s1. The molecule has 0 aromatic heterocycles. The van der Waals surface area contributed by atoms with Gasteiger partial charge in [0.25, 0.3) is 0 Å². The molecule has 0 aliphatic heterocycles. The van der Waals surface area contributed by atoms with Crippen molar-refractivity contribution in [1.29, 1.82) is 0 Å². The Kier molecular flexibility index (Phi) is 5.62. The zero-order valence-electron chi connectivity index (χ0n) is 9.08. The van der Waals surface area contributed by atoms with Crippen molar-refractivity contribution in [2.24, 2.45) is 5.92 Å². The molecule has 0 N–H and O–H groups in total. The van der Waals surface area contributed by atoms with Crippen LogP contribution in [-0.2, 0) is 4.74 Å². The van der Waals surface area contributed by atoms with E-state index in [1.54, 1.807) is 0 Å². The Bertz CT molecular complexity index is 168. The Morgan fingerprint density at radius 1 is 1.14 bits per heavy atom. The minimum Gasteiger partial charge on any atom is -0.374 e. The van der Waals surface area contributed by atoms with E-state index < -0.39 is 0 Å². The summed E-state index contributed by atoms with van der Waals surface area (Å²) in [6, 6.07) is 0. The van der Waals surface area contributed by atoms with Crippen molar-refractivity contribution in [3.8, 4) is 0 Å². The monoisotopic (exact) mass is 194 g/mol. The molecule has 0 amide bonds. The summed E-state index contributed by atoms with van der Waals surface area (Å²) in [6.45, 7) is 8.16. The van der Waals surface area contributed by atoms with Gasteiger partial charge in [-0.15, -0.1) is 13.2 Å². The van der Waals surface area contributed by atoms with Crippen molar-refractivity contribution in [1.82, 2.24) is 0 Å². The fourth-order valence-corrected chi connectivity index (χ4v) is 2.26. The predicted octanol–water partition coefficient (Wildman–Crippen LogP) is 3.71. The van der Waals surface area contributed by atoms with E-state index in [1.165, 1.54) is 32.1 Å². The SMILES string of the molecule is C=CCO[C@@H](CC=C)C1CCCCC1. The lowest BCUT2D eigenvalue weighted by Gasteiger charge is -2.29. The summed E-state index contributed by atoms with van der Waals surface area (Å²) < 4.78 is 5.78. The first kappa shape index (κ1) is 11.5. The van der Waals surface area contributed by atoms with Gasteiger partial charge in [0.05, 0.1) is 12.7 Å². The molecule has 0 unspecified atom stereocenters. The van der Waals surface area contributed by atoms with Crippen LogP contribution in [0.5, 0.6) is 0 Å². The van der Waals surface area contributed by atoms with Gasteiger partial charge in [0.1, 0.15) is 0 Å². The third kappa shape index (κ3) is 3.67. The third-order valence-corrected chi connectivity index (χ3v) is 3.00. The maximum absolute atomic E-state index is 5.78. The second-order valence-electron chi connectivity index (χ2n) is 4.08. The largest absolute Gasteiger partial charge is 0.374 e. The Balaban J connectivity index is 2.37. The summed E-state index contributed by atoms with van der Waals surface area (Å²) in [6.07, 6.45) is 12.0. The van der Waals surface area contributed by atoms with Crippen molar-refractivity contribution < 1.29 is 4.74 Å². The number of rotatable bonds is 6. The van der Waals surface area contributed by atoms with E-state index in [1.807, 2.05) is 12.2 Å². The number of ether oxygens (including phenoxy) is 1. The normalized spacial score (nSPS) is 20.3. The van der Waals surface area contributed by atoms with Gasteiger partial charge in [-0.25, -0.2) is 0 Å². The Labute approximate surface area is 87.8 Å². The Morgan fingerprint density at radius 2 is 1.86 bits per heavy atom. The van der Waals surface area contributed by atoms with Crippen LogP contribution in [0.1, 0.15) is 38.5 Å². The van der Waals surface area contributed by atoms with Crippen LogP contribution in [0.15, 0.2) is 25.3 Å². The van der Waals surface area contributed by atoms with E-state index in [-0.39, 0.29) is 0 Å². The predicted molar refractivity (Wildman–Crippen MR) is 61.3 cm³/mol. The van der Waals surface area contributed by atoms with Gasteiger partial charge in [-0.1, -0.05) is 31.4 Å². The van der Waals surface area contributed by atoms with Gasteiger partial charge < -0.3 is 4.74 Å². The molecule has 0 bridgehead atoms. The van der Waals surface area contributed by atoms with Crippen LogP contribution >= 0.6 is 0 Å². The molecule has 14 heavy (non-hydrogen) atoms. The molecule has 1 aliphatic rings. The molecule has 0 radical (unpaired) electrons. The van der Waals surface area contributed by atoms with Crippen LogP contribution in [0.25, 0.3) is 0 Å². The minimum atomic E-state index is 0.380. The molecule has 0 aromatic rings. The van der Waals surface area contributed by atoms with Gasteiger partial charge in [0, 0.05) is 0 Å². The smallest absolute Gasteiger partial charge is 0.0648 e. The van der Waals surface area contributed by atoms with Gasteiger partial charge in [-0.2, -0.15) is 0 Å². The van der Waals surface area contributed by atoms with Crippen LogP contribution < -0.4 is 0 Å². The third-order valence-electron chi connectivity index (χ3n) is 3.00. The zero-order chi connectivity index (χ0) is 10.2. The molecule has 0 spiro atoms. The van der Waals surface area contributed by atoms with E-state index >= 15 is 0 Å². The molecule has 0 heterocycles. The lowest BCUT2D eigenvalue weighted by molar-refractivity contribution is 0.0181. The summed E-state index contributed by atoms with van der Waals surface area (Å²) in [5, 5.41) is 0. The summed E-state index contributed by atoms with van der Waals surface area (Å²) in [5.41, 5.74) is 0. The highest BCUT2D eigenvalue weighted by atomic mass is 16.5. The summed E-state index contributed by atoms with van der Waals surface area (Å²) in [4.78, 5) is 0. The highest BCUT2D eigenvalue weighted by Crippen LogP contribution is 2.29. The van der Waals surface area contributed by atoms with Crippen molar-refractivity contribution in [3.05, 3.63) is 25.3 Å². The molecule has 1 aliphatic carbocycles. The number of hydrogen-bond donors (Lipinski definition) is 0. The van der Waals surface area contributed by atoms with Crippen molar-refractivity contribution in [2.45, 2.75) is 44.6 Å². The highest BCUT2D eigenvalue weighted by molar-refractivity contribution is 4.82. The maximum Gasteiger partial charge on any atom is 0.0648 e. The average molecular weight is 194 g/mol. The van der Waals surface area contributed by atoms with Gasteiger partial charge in [-0.05, 0) is 25.2 Å². The molecular weight excluding hydrogens is 172 g/mol. The lowest BCUT2D eigenvalue weighted by atomic mass is 9.84.